The highest BCUT2D eigenvalue weighted by molar-refractivity contribution is 5.98. The molecule has 2 atom stereocenters. The smallest absolute Gasteiger partial charge is 0.270 e. The topological polar surface area (TPSA) is 48.1 Å². The Morgan fingerprint density at radius 3 is 2.72 bits per heavy atom. The third-order valence-electron chi connectivity index (χ3n) is 6.94. The van der Waals surface area contributed by atoms with Crippen LogP contribution in [0, 0.1) is 5.82 Å². The van der Waals surface area contributed by atoms with Crippen LogP contribution in [0.2, 0.25) is 0 Å². The minimum absolute atomic E-state index is 0.0287. The molecule has 2 aliphatic carbocycles. The Kier molecular flexibility index (Phi) is 4.24. The molecule has 4 nitrogen and oxygen atoms in total. The largest absolute Gasteiger partial charge is 0.351 e. The Hall–Kier alpha value is -2.66. The zero-order valence-electron chi connectivity index (χ0n) is 16.7. The number of aromatic amines is 1. The molecule has 0 radical (unpaired) electrons. The van der Waals surface area contributed by atoms with E-state index in [0.29, 0.717) is 18.8 Å². The van der Waals surface area contributed by atoms with Crippen LogP contribution in [0.5, 0.6) is 0 Å². The molecule has 0 spiro atoms. The van der Waals surface area contributed by atoms with Crippen LogP contribution in [0.1, 0.15) is 48.7 Å². The van der Waals surface area contributed by atoms with E-state index in [1.54, 1.807) is 0 Å². The second-order valence-electron chi connectivity index (χ2n) is 8.44. The Morgan fingerprint density at radius 1 is 1.17 bits per heavy atom. The normalized spacial score (nSPS) is 25.2. The summed E-state index contributed by atoms with van der Waals surface area (Å²) < 4.78 is 13.2. The number of amides is 1. The number of para-hydroxylation sites is 1. The third kappa shape index (κ3) is 2.87. The Labute approximate surface area is 170 Å². The van der Waals surface area contributed by atoms with Gasteiger partial charge in [0.1, 0.15) is 11.5 Å². The van der Waals surface area contributed by atoms with Crippen LogP contribution in [-0.4, -0.2) is 33.4 Å². The van der Waals surface area contributed by atoms with Gasteiger partial charge in [0.05, 0.1) is 5.54 Å². The Morgan fingerprint density at radius 2 is 1.97 bits per heavy atom. The molecule has 2 aliphatic rings. The molecule has 5 rings (SSSR count). The van der Waals surface area contributed by atoms with Crippen molar-refractivity contribution in [3.63, 3.8) is 0 Å². The number of halogens is 1. The molecule has 1 aromatic heterocycles. The third-order valence-corrected chi connectivity index (χ3v) is 6.94. The molecule has 2 saturated carbocycles. The van der Waals surface area contributed by atoms with Crippen LogP contribution < -0.4 is 5.32 Å². The van der Waals surface area contributed by atoms with Crippen LogP contribution in [0.25, 0.3) is 10.9 Å². The first kappa shape index (κ1) is 18.4. The van der Waals surface area contributed by atoms with E-state index in [9.17, 15) is 9.18 Å². The fourth-order valence-corrected chi connectivity index (χ4v) is 5.44. The molecule has 2 fully saturated rings. The minimum atomic E-state index is -0.213. The maximum atomic E-state index is 13.4. The molecular formula is C24H26FN3O. The summed E-state index contributed by atoms with van der Waals surface area (Å²) in [4.78, 5) is 18.8. The van der Waals surface area contributed by atoms with Gasteiger partial charge in [-0.1, -0.05) is 30.3 Å². The van der Waals surface area contributed by atoms with E-state index in [-0.39, 0.29) is 22.8 Å². The lowest BCUT2D eigenvalue weighted by atomic mass is 10.1. The van der Waals surface area contributed by atoms with Gasteiger partial charge in [-0.05, 0) is 62.4 Å². The van der Waals surface area contributed by atoms with Gasteiger partial charge in [-0.2, -0.15) is 0 Å². The number of H-pyrrole nitrogens is 1. The summed E-state index contributed by atoms with van der Waals surface area (Å²) in [6.45, 7) is 3.45. The summed E-state index contributed by atoms with van der Waals surface area (Å²) in [5.41, 5.74) is 2.58. The number of fused-ring (bicyclic) bond motifs is 2. The predicted octanol–water partition coefficient (Wildman–Crippen LogP) is 4.62. The number of aromatic nitrogens is 1. The fourth-order valence-electron chi connectivity index (χ4n) is 5.44. The van der Waals surface area contributed by atoms with Crippen molar-refractivity contribution in [1.29, 1.82) is 0 Å². The van der Waals surface area contributed by atoms with Crippen LogP contribution >= 0.6 is 0 Å². The van der Waals surface area contributed by atoms with Gasteiger partial charge in [-0.3, -0.25) is 4.79 Å². The maximum Gasteiger partial charge on any atom is 0.270 e. The van der Waals surface area contributed by atoms with Gasteiger partial charge in [0.25, 0.3) is 5.91 Å². The number of likely N-dealkylation sites (N-methyl/N-ethyl adjacent to an activating group) is 1. The van der Waals surface area contributed by atoms with E-state index in [4.69, 9.17) is 0 Å². The van der Waals surface area contributed by atoms with Crippen molar-refractivity contribution in [2.45, 2.75) is 50.2 Å². The van der Waals surface area contributed by atoms with Gasteiger partial charge in [-0.25, -0.2) is 4.39 Å². The zero-order valence-corrected chi connectivity index (χ0v) is 16.7. The second-order valence-corrected chi connectivity index (χ2v) is 8.44. The lowest BCUT2D eigenvalue weighted by molar-refractivity contribution is 0.0631. The summed E-state index contributed by atoms with van der Waals surface area (Å²) in [6.07, 6.45) is 4.21. The number of nitrogens with one attached hydrogen (secondary N) is 2. The lowest BCUT2D eigenvalue weighted by Crippen LogP contribution is -2.49. The molecule has 0 aliphatic heterocycles. The quantitative estimate of drug-likeness (QED) is 0.644. The van der Waals surface area contributed by atoms with Crippen molar-refractivity contribution in [3.8, 4) is 0 Å². The summed E-state index contributed by atoms with van der Waals surface area (Å²) in [5.74, 6) is -0.134. The number of hydrogen-bond donors (Lipinski definition) is 2. The molecule has 2 N–H and O–H groups in total. The monoisotopic (exact) mass is 391 g/mol. The van der Waals surface area contributed by atoms with Gasteiger partial charge in [-0.15, -0.1) is 0 Å². The molecule has 29 heavy (non-hydrogen) atoms. The average molecular weight is 391 g/mol. The van der Waals surface area contributed by atoms with E-state index in [1.165, 1.54) is 12.1 Å². The van der Waals surface area contributed by atoms with Crippen LogP contribution in [0.15, 0.2) is 54.6 Å². The van der Waals surface area contributed by atoms with Crippen LogP contribution in [0.3, 0.4) is 0 Å². The number of benzene rings is 2. The highest BCUT2D eigenvalue weighted by atomic mass is 19.1. The van der Waals surface area contributed by atoms with Gasteiger partial charge in [0.2, 0.25) is 0 Å². The SMILES string of the molecule is CCN(C(=O)c1cc2ccccc2[nH]1)[C@]12CCC[C@]1(NCc1ccc(F)cc1)C2. The van der Waals surface area contributed by atoms with E-state index in [0.717, 1.165) is 42.1 Å². The summed E-state index contributed by atoms with van der Waals surface area (Å²) in [6, 6.07) is 16.6. The minimum Gasteiger partial charge on any atom is -0.351 e. The van der Waals surface area contributed by atoms with Gasteiger partial charge >= 0.3 is 0 Å². The molecule has 0 bridgehead atoms. The molecule has 3 aromatic rings. The first-order valence-corrected chi connectivity index (χ1v) is 10.5. The molecular weight excluding hydrogens is 365 g/mol. The van der Waals surface area contributed by atoms with Crippen LogP contribution in [-0.2, 0) is 6.54 Å². The second kappa shape index (κ2) is 6.70. The van der Waals surface area contributed by atoms with E-state index in [1.807, 2.05) is 42.5 Å². The van der Waals surface area contributed by atoms with Gasteiger partial charge < -0.3 is 15.2 Å². The van der Waals surface area contributed by atoms with Crippen molar-refractivity contribution in [2.75, 3.05) is 6.54 Å². The Bertz CT molecular complexity index is 1030. The summed E-state index contributed by atoms with van der Waals surface area (Å²) >= 11 is 0. The standard InChI is InChI=1S/C24H26FN3O/c1-2-28(22(29)21-14-18-6-3-4-7-20(18)27-21)24-13-5-12-23(24,16-24)26-15-17-8-10-19(25)11-9-17/h3-4,6-11,14,26-27H,2,5,12-13,15-16H2,1H3/t23-,24-/m0/s1. The van der Waals surface area contributed by atoms with E-state index >= 15 is 0 Å². The lowest BCUT2D eigenvalue weighted by Gasteiger charge is -2.32. The number of hydrogen-bond acceptors (Lipinski definition) is 2. The van der Waals surface area contributed by atoms with Crippen molar-refractivity contribution in [3.05, 3.63) is 71.7 Å². The zero-order chi connectivity index (χ0) is 20.1. The highest BCUT2D eigenvalue weighted by Gasteiger charge is 2.73. The molecule has 0 saturated heterocycles. The molecule has 1 heterocycles. The molecule has 0 unspecified atom stereocenters. The number of carbonyl (C=O) groups is 1. The van der Waals surface area contributed by atoms with Crippen molar-refractivity contribution >= 4 is 16.8 Å². The summed E-state index contributed by atoms with van der Waals surface area (Å²) in [7, 11) is 0. The molecule has 5 heteroatoms. The van der Waals surface area contributed by atoms with Crippen molar-refractivity contribution in [1.82, 2.24) is 15.2 Å². The Balaban J connectivity index is 1.37. The van der Waals surface area contributed by atoms with E-state index in [2.05, 4.69) is 22.1 Å². The average Bonchev–Trinajstić information content (AvgIpc) is 3.04. The fraction of sp³-hybridized carbons (Fsp3) is 0.375. The highest BCUT2D eigenvalue weighted by Crippen LogP contribution is 2.63. The van der Waals surface area contributed by atoms with Crippen molar-refractivity contribution < 1.29 is 9.18 Å². The first-order chi connectivity index (χ1) is 14.1. The number of nitrogens with zero attached hydrogens (tertiary/aromatic N) is 1. The van der Waals surface area contributed by atoms with Crippen LogP contribution in [0.4, 0.5) is 4.39 Å². The van der Waals surface area contributed by atoms with Gasteiger partial charge in [0, 0.05) is 29.5 Å². The molecule has 1 amide bonds. The van der Waals surface area contributed by atoms with E-state index < -0.39 is 0 Å². The predicted molar refractivity (Wildman–Crippen MR) is 112 cm³/mol. The first-order valence-electron chi connectivity index (χ1n) is 10.5. The van der Waals surface area contributed by atoms with Gasteiger partial charge in [0.15, 0.2) is 0 Å². The maximum absolute atomic E-state index is 13.4. The molecule has 2 aromatic carbocycles. The molecule has 150 valence electrons. The number of rotatable bonds is 6. The van der Waals surface area contributed by atoms with Crippen molar-refractivity contribution in [2.24, 2.45) is 0 Å². The summed E-state index contributed by atoms with van der Waals surface area (Å²) in [5, 5.41) is 4.79. The number of carbonyl (C=O) groups excluding carboxylic acids is 1.